The summed E-state index contributed by atoms with van der Waals surface area (Å²) in [7, 11) is -2.86. The maximum atomic E-state index is 14.4. The Morgan fingerprint density at radius 3 is 2.12 bits per heavy atom. The van der Waals surface area contributed by atoms with Crippen LogP contribution in [0.5, 0.6) is 0 Å². The van der Waals surface area contributed by atoms with E-state index in [-0.39, 0.29) is 16.2 Å². The number of aliphatic hydroxyl groups excluding tert-OH is 1. The van der Waals surface area contributed by atoms with E-state index in [4.69, 9.17) is 0 Å². The van der Waals surface area contributed by atoms with E-state index >= 15 is 0 Å². The highest BCUT2D eigenvalue weighted by Crippen LogP contribution is 2.59. The summed E-state index contributed by atoms with van der Waals surface area (Å²) >= 11 is 0. The van der Waals surface area contributed by atoms with Crippen LogP contribution < -0.4 is 10.4 Å². The third kappa shape index (κ3) is 4.89. The number of carbonyl (C=O) groups is 1. The fourth-order valence-corrected chi connectivity index (χ4v) is 15.6. The van der Waals surface area contributed by atoms with Crippen LogP contribution in [0.15, 0.2) is 108 Å². The van der Waals surface area contributed by atoms with Crippen LogP contribution in [0.4, 0.5) is 0 Å². The molecule has 1 N–H and O–H groups in total. The lowest BCUT2D eigenvalue weighted by Gasteiger charge is -2.51. The van der Waals surface area contributed by atoms with Crippen LogP contribution in [-0.2, 0) is 4.79 Å². The van der Waals surface area contributed by atoms with Crippen LogP contribution in [0.1, 0.15) is 73.1 Å². The van der Waals surface area contributed by atoms with E-state index in [1.165, 1.54) is 47.2 Å². The summed E-state index contributed by atoms with van der Waals surface area (Å²) in [5, 5.41) is 14.2. The molecule has 0 bridgehead atoms. The zero-order valence-corrected chi connectivity index (χ0v) is 26.7. The van der Waals surface area contributed by atoms with E-state index in [0.29, 0.717) is 23.8 Å². The van der Waals surface area contributed by atoms with Crippen molar-refractivity contribution in [1.29, 1.82) is 0 Å². The summed E-state index contributed by atoms with van der Waals surface area (Å²) in [4.78, 5) is 14.4. The van der Waals surface area contributed by atoms with Gasteiger partial charge in [-0.2, -0.15) is 0 Å². The lowest BCUT2D eigenvalue weighted by molar-refractivity contribution is -0.120. The van der Waals surface area contributed by atoms with Gasteiger partial charge in [-0.25, -0.2) is 0 Å². The standard InChI is InChI=1S/C38H48O2Si/c1-26(2)32-22-23-33-28(15-14-24-38(32,33)7)20-21-29-25-34(39)36(35(40)27(29)3)41(37(4,5)6,30-16-10-8-11-17-30)31-18-12-9-13-19-31/h8-13,16-21,32-33,35-36,40H,1,3,14-15,22-25H2,2,4-7H3/t32-,33+,35?,36?,38-/m1/s1. The summed E-state index contributed by atoms with van der Waals surface area (Å²) in [5.74, 6) is 1.29. The van der Waals surface area contributed by atoms with Crippen molar-refractivity contribution >= 4 is 24.2 Å². The number of fused-ring (bicyclic) bond motifs is 1. The zero-order chi connectivity index (χ0) is 29.6. The summed E-state index contributed by atoms with van der Waals surface area (Å²) in [5.41, 5.74) is 4.20. The minimum absolute atomic E-state index is 0.139. The minimum Gasteiger partial charge on any atom is -0.388 e. The smallest absolute Gasteiger partial charge is 0.141 e. The van der Waals surface area contributed by atoms with Crippen molar-refractivity contribution in [3.8, 4) is 0 Å². The van der Waals surface area contributed by atoms with E-state index in [1.807, 2.05) is 12.1 Å². The molecular formula is C38H48O2Si. The largest absolute Gasteiger partial charge is 0.388 e. The van der Waals surface area contributed by atoms with Crippen LogP contribution in [0, 0.1) is 17.3 Å². The Balaban J connectivity index is 1.54. The van der Waals surface area contributed by atoms with E-state index in [0.717, 1.165) is 12.0 Å². The molecule has 0 aliphatic heterocycles. The van der Waals surface area contributed by atoms with Crippen LogP contribution in [0.25, 0.3) is 0 Å². The van der Waals surface area contributed by atoms with Gasteiger partial charge in [-0.05, 0) is 72.5 Å². The number of ketones is 1. The maximum absolute atomic E-state index is 14.4. The molecule has 0 spiro atoms. The van der Waals surface area contributed by atoms with Crippen molar-refractivity contribution < 1.29 is 9.90 Å². The monoisotopic (exact) mass is 564 g/mol. The highest BCUT2D eigenvalue weighted by Gasteiger charge is 2.59. The molecule has 3 saturated carbocycles. The van der Waals surface area contributed by atoms with Crippen LogP contribution >= 0.6 is 0 Å². The summed E-state index contributed by atoms with van der Waals surface area (Å²) in [6, 6.07) is 21.0. The molecule has 2 unspecified atom stereocenters. The summed E-state index contributed by atoms with van der Waals surface area (Å²) < 4.78 is 0. The van der Waals surface area contributed by atoms with Gasteiger partial charge in [0.25, 0.3) is 0 Å². The average Bonchev–Trinajstić information content (AvgIpc) is 3.30. The highest BCUT2D eigenvalue weighted by molar-refractivity contribution is 7.07. The number of Topliss-reactive ketones (excluding diaryl/α,β-unsaturated/α-hetero) is 1. The van der Waals surface area contributed by atoms with Crippen molar-refractivity contribution in [1.82, 2.24) is 0 Å². The molecule has 3 aliphatic rings. The minimum atomic E-state index is -2.86. The molecule has 0 radical (unpaired) electrons. The lowest BCUT2D eigenvalue weighted by atomic mass is 9.62. The molecule has 2 aromatic rings. The topological polar surface area (TPSA) is 37.3 Å². The van der Waals surface area contributed by atoms with E-state index < -0.39 is 19.7 Å². The Morgan fingerprint density at radius 2 is 1.59 bits per heavy atom. The molecule has 5 atom stereocenters. The fraction of sp³-hybridized carbons (Fsp3) is 0.447. The Hall–Kier alpha value is -2.75. The normalized spacial score (nSPS) is 31.0. The molecule has 2 nitrogen and oxygen atoms in total. The average molecular weight is 565 g/mol. The molecule has 3 aliphatic carbocycles. The molecule has 3 heteroatoms. The number of rotatable bonds is 5. The van der Waals surface area contributed by atoms with Gasteiger partial charge >= 0.3 is 0 Å². The predicted octanol–water partition coefficient (Wildman–Crippen LogP) is 7.96. The van der Waals surface area contributed by atoms with Crippen molar-refractivity contribution in [2.75, 3.05) is 0 Å². The van der Waals surface area contributed by atoms with Crippen LogP contribution in [0.3, 0.4) is 0 Å². The van der Waals surface area contributed by atoms with Gasteiger partial charge in [0, 0.05) is 6.42 Å². The number of aliphatic hydroxyl groups is 1. The fourth-order valence-electron chi connectivity index (χ4n) is 9.14. The Labute approximate surface area is 249 Å². The molecule has 0 aromatic heterocycles. The number of allylic oxidation sites excluding steroid dienone is 4. The first-order valence-electron chi connectivity index (χ1n) is 15.5. The van der Waals surface area contributed by atoms with E-state index in [9.17, 15) is 9.90 Å². The molecule has 0 saturated heterocycles. The maximum Gasteiger partial charge on any atom is 0.141 e. The molecule has 2 aromatic carbocycles. The van der Waals surface area contributed by atoms with Gasteiger partial charge in [0.05, 0.1) is 11.6 Å². The number of hydrogen-bond donors (Lipinski definition) is 1. The first-order chi connectivity index (χ1) is 19.4. The number of carbonyl (C=O) groups excluding carboxylic acids is 1. The summed E-state index contributed by atoms with van der Waals surface area (Å²) in [6.45, 7) is 20.2. The van der Waals surface area contributed by atoms with Gasteiger partial charge in [-0.3, -0.25) is 4.79 Å². The lowest BCUT2D eigenvalue weighted by Crippen LogP contribution is -2.71. The predicted molar refractivity (Wildman–Crippen MR) is 175 cm³/mol. The molecule has 0 amide bonds. The number of benzene rings is 2. The quantitative estimate of drug-likeness (QED) is 0.296. The zero-order valence-electron chi connectivity index (χ0n) is 25.7. The second kappa shape index (κ2) is 11.2. The second-order valence-corrected chi connectivity index (χ2v) is 19.1. The van der Waals surface area contributed by atoms with Gasteiger partial charge in [0.2, 0.25) is 0 Å². The molecular weight excluding hydrogens is 517 g/mol. The molecule has 216 valence electrons. The molecule has 3 fully saturated rings. The van der Waals surface area contributed by atoms with Gasteiger partial charge < -0.3 is 5.11 Å². The van der Waals surface area contributed by atoms with Crippen molar-refractivity contribution in [3.05, 3.63) is 108 Å². The first-order valence-corrected chi connectivity index (χ1v) is 17.6. The second-order valence-electron chi connectivity index (χ2n) is 14.2. The Bertz CT molecular complexity index is 1340. The van der Waals surface area contributed by atoms with Crippen LogP contribution in [0.2, 0.25) is 10.6 Å². The van der Waals surface area contributed by atoms with Gasteiger partial charge in [-0.1, -0.05) is 135 Å². The SMILES string of the molecule is C=C1C(=CC=C2CCC[C@]3(C)[C@@H](C(=C)C)CC[C@@H]23)CC(=O)C([Si](c2ccccc2)(c2ccccc2)C(C)(C)C)C1O. The molecule has 5 rings (SSSR count). The van der Waals surface area contributed by atoms with Crippen molar-refractivity contribution in [3.63, 3.8) is 0 Å². The third-order valence-corrected chi connectivity index (χ3v) is 17.4. The highest BCUT2D eigenvalue weighted by atomic mass is 28.3. The summed E-state index contributed by atoms with van der Waals surface area (Å²) in [6.07, 6.45) is 9.81. The van der Waals surface area contributed by atoms with Gasteiger partial charge in [0.15, 0.2) is 0 Å². The van der Waals surface area contributed by atoms with E-state index in [2.05, 4.69) is 108 Å². The molecule has 0 heterocycles. The van der Waals surface area contributed by atoms with Gasteiger partial charge in [0.1, 0.15) is 13.9 Å². The van der Waals surface area contributed by atoms with Gasteiger partial charge in [-0.15, -0.1) is 0 Å². The number of hydrogen-bond acceptors (Lipinski definition) is 2. The van der Waals surface area contributed by atoms with E-state index in [1.54, 1.807) is 0 Å². The Morgan fingerprint density at radius 1 is 1.00 bits per heavy atom. The first kappa shape index (κ1) is 29.7. The molecule has 41 heavy (non-hydrogen) atoms. The van der Waals surface area contributed by atoms with Crippen LogP contribution in [-0.4, -0.2) is 25.1 Å². The van der Waals surface area contributed by atoms with Crippen molar-refractivity contribution in [2.24, 2.45) is 17.3 Å². The Kier molecular flexibility index (Phi) is 8.09. The van der Waals surface area contributed by atoms with Crippen molar-refractivity contribution in [2.45, 2.75) is 89.8 Å². The third-order valence-electron chi connectivity index (χ3n) is 11.0.